The smallest absolute Gasteiger partial charge is 0.0503 e. The minimum absolute atomic E-state index is 0.923. The lowest BCUT2D eigenvalue weighted by molar-refractivity contribution is 1.17. The van der Waals surface area contributed by atoms with Gasteiger partial charge in [-0.15, -0.1) is 0 Å². The van der Waals surface area contributed by atoms with E-state index in [0.717, 1.165) is 37.1 Å². The van der Waals surface area contributed by atoms with Crippen molar-refractivity contribution in [2.24, 2.45) is 0 Å². The summed E-state index contributed by atoms with van der Waals surface area (Å²) in [4.78, 5) is 5.07. The van der Waals surface area contributed by atoms with Gasteiger partial charge in [0.15, 0.2) is 0 Å². The molecule has 0 bridgehead atoms. The molecule has 4 aliphatic rings. The van der Waals surface area contributed by atoms with Crippen LogP contribution in [0.1, 0.15) is 44.5 Å². The molecular formula is C64H44N2. The molecule has 0 aliphatic heterocycles. The average molecular weight is 841 g/mol. The molecule has 10 aromatic carbocycles. The number of rotatable bonds is 7. The third-order valence-corrected chi connectivity index (χ3v) is 14.9. The number of nitrogens with zero attached hydrogens (tertiary/aromatic N) is 2. The molecule has 0 N–H and O–H groups in total. The quantitative estimate of drug-likeness (QED) is 0.158. The normalized spacial score (nSPS) is 12.9. The van der Waals surface area contributed by atoms with Gasteiger partial charge in [-0.05, 0) is 149 Å². The zero-order valence-electron chi connectivity index (χ0n) is 36.5. The highest BCUT2D eigenvalue weighted by Crippen LogP contribution is 2.52. The number of anilines is 6. The van der Waals surface area contributed by atoms with Crippen LogP contribution in [0.3, 0.4) is 0 Å². The molecule has 0 atom stereocenters. The molecule has 2 heteroatoms. The number of benzene rings is 10. The van der Waals surface area contributed by atoms with Crippen molar-refractivity contribution in [1.29, 1.82) is 0 Å². The van der Waals surface area contributed by atoms with Crippen LogP contribution in [0.15, 0.2) is 218 Å². The van der Waals surface area contributed by atoms with Crippen LogP contribution in [0.5, 0.6) is 0 Å². The molecule has 66 heavy (non-hydrogen) atoms. The van der Waals surface area contributed by atoms with Gasteiger partial charge in [-0.2, -0.15) is 0 Å². The van der Waals surface area contributed by atoms with Gasteiger partial charge >= 0.3 is 0 Å². The zero-order valence-corrected chi connectivity index (χ0v) is 36.5. The maximum Gasteiger partial charge on any atom is 0.0503 e. The maximum absolute atomic E-state index is 2.54. The van der Waals surface area contributed by atoms with Gasteiger partial charge in [-0.3, -0.25) is 0 Å². The first kappa shape index (κ1) is 37.2. The second-order valence-corrected chi connectivity index (χ2v) is 18.3. The van der Waals surface area contributed by atoms with Gasteiger partial charge in [-0.1, -0.05) is 170 Å². The largest absolute Gasteiger partial charge is 0.310 e. The van der Waals surface area contributed by atoms with Crippen LogP contribution in [-0.4, -0.2) is 0 Å². The Kier molecular flexibility index (Phi) is 8.27. The molecule has 0 unspecified atom stereocenters. The summed E-state index contributed by atoms with van der Waals surface area (Å²) in [6.45, 7) is 0. The van der Waals surface area contributed by atoms with Crippen molar-refractivity contribution in [3.8, 4) is 55.6 Å². The second kappa shape index (κ2) is 14.7. The molecule has 0 saturated carbocycles. The molecule has 0 radical (unpaired) electrons. The van der Waals surface area contributed by atoms with Crippen LogP contribution < -0.4 is 9.80 Å². The van der Waals surface area contributed by atoms with E-state index in [9.17, 15) is 0 Å². The lowest BCUT2D eigenvalue weighted by Crippen LogP contribution is -2.14. The minimum Gasteiger partial charge on any atom is -0.310 e. The first-order valence-electron chi connectivity index (χ1n) is 23.3. The van der Waals surface area contributed by atoms with Gasteiger partial charge in [0.2, 0.25) is 0 Å². The van der Waals surface area contributed by atoms with Crippen LogP contribution >= 0.6 is 0 Å². The van der Waals surface area contributed by atoms with Crippen molar-refractivity contribution in [1.82, 2.24) is 0 Å². The summed E-state index contributed by atoms with van der Waals surface area (Å²) >= 11 is 0. The Morgan fingerprint density at radius 1 is 0.212 bits per heavy atom. The van der Waals surface area contributed by atoms with Gasteiger partial charge < -0.3 is 9.80 Å². The summed E-state index contributed by atoms with van der Waals surface area (Å²) in [6, 6.07) is 81.7. The molecule has 310 valence electrons. The molecular weight excluding hydrogens is 797 g/mol. The lowest BCUT2D eigenvalue weighted by atomic mass is 9.99. The van der Waals surface area contributed by atoms with E-state index >= 15 is 0 Å². The van der Waals surface area contributed by atoms with Gasteiger partial charge in [0, 0.05) is 37.1 Å². The number of fused-ring (bicyclic) bond motifs is 12. The van der Waals surface area contributed by atoms with Crippen LogP contribution in [0.25, 0.3) is 55.6 Å². The third-order valence-electron chi connectivity index (χ3n) is 14.9. The highest BCUT2D eigenvalue weighted by atomic mass is 15.2. The summed E-state index contributed by atoms with van der Waals surface area (Å²) in [5.74, 6) is 0. The molecule has 0 saturated heterocycles. The molecule has 0 spiro atoms. The van der Waals surface area contributed by atoms with Crippen molar-refractivity contribution >= 4 is 34.1 Å². The maximum atomic E-state index is 2.54. The predicted molar refractivity (Wildman–Crippen MR) is 274 cm³/mol. The number of hydrogen-bond donors (Lipinski definition) is 0. The van der Waals surface area contributed by atoms with E-state index in [1.165, 1.54) is 123 Å². The van der Waals surface area contributed by atoms with Crippen LogP contribution in [0, 0.1) is 0 Å². The fraction of sp³-hybridized carbons (Fsp3) is 0.0625. The van der Waals surface area contributed by atoms with Gasteiger partial charge in [0.05, 0.1) is 22.7 Å². The summed E-state index contributed by atoms with van der Waals surface area (Å²) < 4.78 is 0. The fourth-order valence-corrected chi connectivity index (χ4v) is 11.8. The van der Waals surface area contributed by atoms with E-state index in [1.807, 2.05) is 0 Å². The Morgan fingerprint density at radius 2 is 0.455 bits per heavy atom. The van der Waals surface area contributed by atoms with Crippen LogP contribution in [0.2, 0.25) is 0 Å². The van der Waals surface area contributed by atoms with E-state index in [2.05, 4.69) is 228 Å². The average Bonchev–Trinajstić information content (AvgIpc) is 4.16. The standard InChI is InChI=1S/C64H44N2/c1-5-17-49-43(13-1)37-57-53(49)21-9-25-61(57)65(62-26-10-22-54-50-18-6-2-14-44(50)38-58(54)62)47-33-29-41(30-34-47)42-31-35-48(36-32-42)66(63-27-11-23-55-51-19-7-3-15-45(51)39-59(55)63)64-28-12-24-56-52-20-8-4-16-46(52)40-60(56)64/h1-36H,37-40H2. The zero-order chi connectivity index (χ0) is 43.3. The summed E-state index contributed by atoms with van der Waals surface area (Å²) in [5.41, 5.74) is 31.6. The molecule has 4 aliphatic carbocycles. The summed E-state index contributed by atoms with van der Waals surface area (Å²) in [5, 5.41) is 0. The molecule has 0 aromatic heterocycles. The third kappa shape index (κ3) is 5.68. The molecule has 10 aromatic rings. The van der Waals surface area contributed by atoms with Crippen molar-refractivity contribution < 1.29 is 0 Å². The van der Waals surface area contributed by atoms with Gasteiger partial charge in [0.1, 0.15) is 0 Å². The first-order chi connectivity index (χ1) is 32.7. The van der Waals surface area contributed by atoms with Crippen molar-refractivity contribution in [2.45, 2.75) is 25.7 Å². The van der Waals surface area contributed by atoms with E-state index in [1.54, 1.807) is 0 Å². The lowest BCUT2D eigenvalue weighted by Gasteiger charge is -2.30. The van der Waals surface area contributed by atoms with Crippen LogP contribution in [0.4, 0.5) is 34.1 Å². The Morgan fingerprint density at radius 3 is 0.727 bits per heavy atom. The second-order valence-electron chi connectivity index (χ2n) is 18.3. The molecule has 0 amide bonds. The molecule has 0 fully saturated rings. The highest BCUT2D eigenvalue weighted by molar-refractivity contribution is 5.94. The Hall–Kier alpha value is -8.20. The topological polar surface area (TPSA) is 6.48 Å². The SMILES string of the molecule is c1ccc2c(c1)Cc1c-2cccc1N(c1ccc(-c2ccc(N(c3cccc4c3Cc3ccccc3-4)c3cccc4c3Cc3ccccc3-4)cc2)cc1)c1cccc2c1Cc1ccccc1-2. The summed E-state index contributed by atoms with van der Waals surface area (Å²) in [7, 11) is 0. The Labute approximate surface area is 386 Å². The fourth-order valence-electron chi connectivity index (χ4n) is 11.8. The highest BCUT2D eigenvalue weighted by Gasteiger charge is 2.31. The van der Waals surface area contributed by atoms with Crippen molar-refractivity contribution in [2.75, 3.05) is 9.80 Å². The van der Waals surface area contributed by atoms with E-state index in [4.69, 9.17) is 0 Å². The minimum atomic E-state index is 0.923. The molecule has 14 rings (SSSR count). The van der Waals surface area contributed by atoms with E-state index < -0.39 is 0 Å². The molecule has 2 nitrogen and oxygen atoms in total. The van der Waals surface area contributed by atoms with Gasteiger partial charge in [0.25, 0.3) is 0 Å². The molecule has 0 heterocycles. The van der Waals surface area contributed by atoms with Gasteiger partial charge in [-0.25, -0.2) is 0 Å². The predicted octanol–water partition coefficient (Wildman–Crippen LogP) is 16.6. The summed E-state index contributed by atoms with van der Waals surface area (Å²) in [6.07, 6.45) is 3.69. The first-order valence-corrected chi connectivity index (χ1v) is 23.3. The van der Waals surface area contributed by atoms with E-state index in [-0.39, 0.29) is 0 Å². The van der Waals surface area contributed by atoms with Crippen molar-refractivity contribution in [3.63, 3.8) is 0 Å². The number of hydrogen-bond acceptors (Lipinski definition) is 2. The monoisotopic (exact) mass is 840 g/mol. The van der Waals surface area contributed by atoms with Crippen molar-refractivity contribution in [3.05, 3.63) is 263 Å². The van der Waals surface area contributed by atoms with Crippen LogP contribution in [-0.2, 0) is 25.7 Å². The Bertz CT molecular complexity index is 3160. The van der Waals surface area contributed by atoms with E-state index in [0.29, 0.717) is 0 Å². The Balaban J connectivity index is 0.862.